The molecule has 4 rings (SSSR count). The van der Waals surface area contributed by atoms with Crippen molar-refractivity contribution in [1.29, 1.82) is 0 Å². The van der Waals surface area contributed by atoms with Gasteiger partial charge in [-0.05, 0) is 85.3 Å². The lowest BCUT2D eigenvalue weighted by molar-refractivity contribution is -0.119. The second-order valence-electron chi connectivity index (χ2n) is 8.98. The van der Waals surface area contributed by atoms with Crippen molar-refractivity contribution >= 4 is 62.6 Å². The van der Waals surface area contributed by atoms with E-state index in [1.54, 1.807) is 72.8 Å². The first kappa shape index (κ1) is 30.6. The molecule has 0 aliphatic heterocycles. The van der Waals surface area contributed by atoms with Gasteiger partial charge in [-0.15, -0.1) is 0 Å². The van der Waals surface area contributed by atoms with Gasteiger partial charge in [0.15, 0.2) is 6.61 Å². The van der Waals surface area contributed by atoms with Crippen LogP contribution in [0.2, 0.25) is 10.0 Å². The predicted octanol–water partition coefficient (Wildman–Crippen LogP) is 5.66. The zero-order valence-corrected chi connectivity index (χ0v) is 24.7. The average molecular weight is 626 g/mol. The van der Waals surface area contributed by atoms with Gasteiger partial charge >= 0.3 is 0 Å². The maximum atomic E-state index is 13.4. The van der Waals surface area contributed by atoms with Crippen LogP contribution in [-0.2, 0) is 19.6 Å². The van der Waals surface area contributed by atoms with Crippen molar-refractivity contribution < 1.29 is 22.7 Å². The van der Waals surface area contributed by atoms with Gasteiger partial charge in [0.2, 0.25) is 0 Å². The van der Waals surface area contributed by atoms with Gasteiger partial charge in [0.25, 0.3) is 21.8 Å². The molecule has 0 unspecified atom stereocenters. The molecule has 12 heteroatoms. The van der Waals surface area contributed by atoms with E-state index in [1.807, 2.05) is 6.92 Å². The monoisotopic (exact) mass is 624 g/mol. The van der Waals surface area contributed by atoms with Crippen LogP contribution in [0, 0.1) is 6.92 Å². The number of nitrogens with zero attached hydrogens (tertiary/aromatic N) is 2. The Morgan fingerprint density at radius 2 is 1.55 bits per heavy atom. The van der Waals surface area contributed by atoms with Crippen molar-refractivity contribution in [1.82, 2.24) is 5.43 Å². The molecule has 0 heterocycles. The lowest BCUT2D eigenvalue weighted by Crippen LogP contribution is -2.39. The minimum Gasteiger partial charge on any atom is -0.484 e. The van der Waals surface area contributed by atoms with Crippen LogP contribution in [0.4, 0.5) is 11.4 Å². The van der Waals surface area contributed by atoms with Gasteiger partial charge < -0.3 is 10.1 Å². The van der Waals surface area contributed by atoms with Crippen LogP contribution in [0.5, 0.6) is 5.75 Å². The van der Waals surface area contributed by atoms with E-state index >= 15 is 0 Å². The molecular weight excluding hydrogens is 599 g/mol. The fourth-order valence-electron chi connectivity index (χ4n) is 3.65. The van der Waals surface area contributed by atoms with Gasteiger partial charge in [0.1, 0.15) is 12.3 Å². The van der Waals surface area contributed by atoms with Crippen LogP contribution in [0.1, 0.15) is 11.1 Å². The Morgan fingerprint density at radius 1 is 0.881 bits per heavy atom. The second kappa shape index (κ2) is 14.0. The van der Waals surface area contributed by atoms with Crippen LogP contribution in [0.25, 0.3) is 0 Å². The highest BCUT2D eigenvalue weighted by atomic mass is 35.5. The number of hydrogen-bond donors (Lipinski definition) is 2. The number of halogens is 2. The number of para-hydroxylation sites is 1. The number of nitrogens with one attached hydrogen (secondary N) is 2. The summed E-state index contributed by atoms with van der Waals surface area (Å²) in [5.41, 5.74) is 4.66. The van der Waals surface area contributed by atoms with Crippen molar-refractivity contribution in [2.24, 2.45) is 5.10 Å². The molecule has 0 saturated heterocycles. The van der Waals surface area contributed by atoms with E-state index in [2.05, 4.69) is 15.8 Å². The number of anilines is 2. The Hall–Kier alpha value is -4.38. The minimum atomic E-state index is -4.06. The summed E-state index contributed by atoms with van der Waals surface area (Å²) in [5.74, 6) is -0.569. The summed E-state index contributed by atoms with van der Waals surface area (Å²) in [6, 6.07) is 26.0. The van der Waals surface area contributed by atoms with E-state index in [0.717, 1.165) is 9.87 Å². The van der Waals surface area contributed by atoms with Crippen LogP contribution in [0.15, 0.2) is 107 Å². The van der Waals surface area contributed by atoms with Crippen molar-refractivity contribution in [3.05, 3.63) is 118 Å². The molecule has 0 saturated carbocycles. The molecule has 0 radical (unpaired) electrons. The fourth-order valence-corrected chi connectivity index (χ4v) is 5.38. The van der Waals surface area contributed by atoms with Crippen molar-refractivity contribution in [2.75, 3.05) is 22.8 Å². The Labute approximate surface area is 253 Å². The normalized spacial score (nSPS) is 11.2. The molecule has 0 atom stereocenters. The topological polar surface area (TPSA) is 117 Å². The first-order valence-corrected chi connectivity index (χ1v) is 14.8. The van der Waals surface area contributed by atoms with Gasteiger partial charge in [-0.25, -0.2) is 13.8 Å². The molecule has 0 aliphatic rings. The molecule has 4 aromatic rings. The van der Waals surface area contributed by atoms with Crippen molar-refractivity contribution in [3.8, 4) is 5.75 Å². The number of carbonyl (C=O) groups excluding carboxylic acids is 2. The average Bonchev–Trinajstić information content (AvgIpc) is 2.97. The molecule has 0 spiro atoms. The van der Waals surface area contributed by atoms with Crippen LogP contribution < -0.4 is 19.8 Å². The molecule has 0 aliphatic carbocycles. The third-order valence-electron chi connectivity index (χ3n) is 5.81. The SMILES string of the molecule is Cc1ccc(S(=O)(=O)N(CC(=O)N/N=C\c2ccc(OCC(=O)Nc3ccccc3Cl)cc2)c2ccc(Cl)cc2)cc1. The number of sulfonamides is 1. The predicted molar refractivity (Wildman–Crippen MR) is 165 cm³/mol. The van der Waals surface area contributed by atoms with Crippen molar-refractivity contribution in [2.45, 2.75) is 11.8 Å². The molecule has 2 amide bonds. The summed E-state index contributed by atoms with van der Waals surface area (Å²) in [5, 5.41) is 7.47. The van der Waals surface area contributed by atoms with Gasteiger partial charge in [0, 0.05) is 5.02 Å². The van der Waals surface area contributed by atoms with E-state index in [1.165, 1.54) is 30.5 Å². The van der Waals surface area contributed by atoms with Gasteiger partial charge in [0.05, 0.1) is 27.5 Å². The number of amides is 2. The van der Waals surface area contributed by atoms with Gasteiger partial charge in [-0.2, -0.15) is 5.10 Å². The van der Waals surface area contributed by atoms with E-state index < -0.39 is 22.5 Å². The first-order chi connectivity index (χ1) is 20.1. The largest absolute Gasteiger partial charge is 0.484 e. The number of aryl methyl sites for hydroxylation is 1. The molecule has 0 fully saturated rings. The lowest BCUT2D eigenvalue weighted by Gasteiger charge is -2.23. The molecule has 4 aromatic carbocycles. The van der Waals surface area contributed by atoms with Crippen LogP contribution >= 0.6 is 23.2 Å². The van der Waals surface area contributed by atoms with Gasteiger partial charge in [-0.1, -0.05) is 53.0 Å². The first-order valence-electron chi connectivity index (χ1n) is 12.6. The zero-order valence-electron chi connectivity index (χ0n) is 22.3. The second-order valence-corrected chi connectivity index (χ2v) is 11.7. The van der Waals surface area contributed by atoms with Gasteiger partial charge in [-0.3, -0.25) is 13.9 Å². The maximum Gasteiger partial charge on any atom is 0.264 e. The summed E-state index contributed by atoms with van der Waals surface area (Å²) in [7, 11) is -4.06. The van der Waals surface area contributed by atoms with E-state index in [0.29, 0.717) is 27.0 Å². The highest BCUT2D eigenvalue weighted by Crippen LogP contribution is 2.25. The highest BCUT2D eigenvalue weighted by molar-refractivity contribution is 7.92. The Bertz CT molecular complexity index is 1680. The quantitative estimate of drug-likeness (QED) is 0.165. The number of carbonyl (C=O) groups is 2. The maximum absolute atomic E-state index is 13.4. The summed E-state index contributed by atoms with van der Waals surface area (Å²) >= 11 is 12.0. The summed E-state index contributed by atoms with van der Waals surface area (Å²) in [6.45, 7) is 1.12. The van der Waals surface area contributed by atoms with Crippen LogP contribution in [0.3, 0.4) is 0 Å². The third kappa shape index (κ3) is 8.32. The standard InChI is InChI=1S/C30H26Cl2N4O5S/c1-21-6-16-26(17-7-21)42(39,40)36(24-12-10-23(31)11-13-24)19-29(37)35-33-18-22-8-14-25(15-9-22)41-20-30(38)34-28-5-3-2-4-27(28)32/h2-18H,19-20H2,1H3,(H,34,38)(H,35,37)/b33-18-. The summed E-state index contributed by atoms with van der Waals surface area (Å²) in [4.78, 5) is 24.9. The molecule has 2 N–H and O–H groups in total. The molecular formula is C30H26Cl2N4O5S. The van der Waals surface area contributed by atoms with Crippen LogP contribution in [-0.4, -0.2) is 39.6 Å². The van der Waals surface area contributed by atoms with E-state index in [9.17, 15) is 18.0 Å². The number of ether oxygens (including phenoxy) is 1. The Balaban J connectivity index is 1.35. The lowest BCUT2D eigenvalue weighted by atomic mass is 10.2. The number of hydrazone groups is 1. The summed E-state index contributed by atoms with van der Waals surface area (Å²) in [6.07, 6.45) is 1.40. The van der Waals surface area contributed by atoms with E-state index in [4.69, 9.17) is 27.9 Å². The minimum absolute atomic E-state index is 0.0444. The fraction of sp³-hybridized carbons (Fsp3) is 0.100. The molecule has 0 bridgehead atoms. The number of rotatable bonds is 11. The number of benzene rings is 4. The Morgan fingerprint density at radius 3 is 2.21 bits per heavy atom. The highest BCUT2D eigenvalue weighted by Gasteiger charge is 2.27. The third-order valence-corrected chi connectivity index (χ3v) is 8.18. The van der Waals surface area contributed by atoms with Crippen molar-refractivity contribution in [3.63, 3.8) is 0 Å². The smallest absolute Gasteiger partial charge is 0.264 e. The molecule has 9 nitrogen and oxygen atoms in total. The number of hydrogen-bond acceptors (Lipinski definition) is 6. The molecule has 42 heavy (non-hydrogen) atoms. The molecule has 0 aromatic heterocycles. The zero-order chi connectivity index (χ0) is 30.1. The van der Waals surface area contributed by atoms with E-state index in [-0.39, 0.29) is 23.1 Å². The Kier molecular flexibility index (Phi) is 10.2. The summed E-state index contributed by atoms with van der Waals surface area (Å²) < 4.78 is 33.3. The molecule has 216 valence electrons.